The van der Waals surface area contributed by atoms with Crippen LogP contribution in [-0.2, 0) is 14.3 Å². The first-order valence-electron chi connectivity index (χ1n) is 9.15. The van der Waals surface area contributed by atoms with E-state index in [0.29, 0.717) is 27.9 Å². The van der Waals surface area contributed by atoms with Crippen LogP contribution < -0.4 is 0 Å². The van der Waals surface area contributed by atoms with E-state index in [2.05, 4.69) is 0 Å². The number of nitrogens with zero attached hydrogens (tertiary/aromatic N) is 2. The summed E-state index contributed by atoms with van der Waals surface area (Å²) in [7, 11) is 1.48. The van der Waals surface area contributed by atoms with E-state index in [9.17, 15) is 19.2 Å². The Kier molecular flexibility index (Phi) is 6.40. The average Bonchev–Trinajstić information content (AvgIpc) is 3.03. The van der Waals surface area contributed by atoms with E-state index in [-0.39, 0.29) is 24.6 Å². The van der Waals surface area contributed by atoms with Gasteiger partial charge in [-0.3, -0.25) is 4.79 Å². The number of carbonyl (C=O) groups is 2. The van der Waals surface area contributed by atoms with Crippen LogP contribution in [0.1, 0.15) is 27.2 Å². The Bertz CT molecular complexity index is 1170. The Morgan fingerprint density at radius 1 is 1.17 bits per heavy atom. The second-order valence-electron chi connectivity index (χ2n) is 6.48. The van der Waals surface area contributed by atoms with Crippen molar-refractivity contribution in [1.29, 1.82) is 5.26 Å². The molecule has 0 radical (unpaired) electrons. The molecule has 2 heterocycles. The number of halogens is 1. The SMILES string of the molecule is COCCOC(=O)/C(C#N)=C/c1c(C)c(C(=O)c2ccc(F)cc2)n2ccccc12. The number of fused-ring (bicyclic) bond motifs is 1. The van der Waals surface area contributed by atoms with Crippen molar-refractivity contribution < 1.29 is 23.5 Å². The van der Waals surface area contributed by atoms with Gasteiger partial charge in [-0.1, -0.05) is 6.07 Å². The van der Waals surface area contributed by atoms with Gasteiger partial charge in [0.15, 0.2) is 0 Å². The molecule has 0 fully saturated rings. The molecule has 2 aromatic heterocycles. The van der Waals surface area contributed by atoms with Crippen molar-refractivity contribution in [2.24, 2.45) is 0 Å². The molecule has 3 rings (SSSR count). The highest BCUT2D eigenvalue weighted by molar-refractivity contribution is 6.11. The van der Waals surface area contributed by atoms with E-state index in [1.54, 1.807) is 35.7 Å². The van der Waals surface area contributed by atoms with Crippen molar-refractivity contribution in [3.8, 4) is 6.07 Å². The van der Waals surface area contributed by atoms with Crippen molar-refractivity contribution in [3.63, 3.8) is 0 Å². The summed E-state index contributed by atoms with van der Waals surface area (Å²) in [5, 5.41) is 9.44. The van der Waals surface area contributed by atoms with Crippen molar-refractivity contribution in [3.05, 3.63) is 82.4 Å². The van der Waals surface area contributed by atoms with Gasteiger partial charge in [0.1, 0.15) is 24.1 Å². The maximum atomic E-state index is 13.3. The number of hydrogen-bond donors (Lipinski definition) is 0. The lowest BCUT2D eigenvalue weighted by molar-refractivity contribution is -0.139. The predicted molar refractivity (Wildman–Crippen MR) is 108 cm³/mol. The number of esters is 1. The molecule has 0 aliphatic rings. The molecule has 0 amide bonds. The second kappa shape index (κ2) is 9.16. The van der Waals surface area contributed by atoms with Gasteiger partial charge in [0, 0.05) is 24.4 Å². The number of ether oxygens (including phenoxy) is 2. The first-order valence-corrected chi connectivity index (χ1v) is 9.15. The molecule has 0 saturated heterocycles. The molecule has 7 heteroatoms. The fourth-order valence-corrected chi connectivity index (χ4v) is 3.13. The van der Waals surface area contributed by atoms with Crippen molar-refractivity contribution in [1.82, 2.24) is 4.40 Å². The zero-order valence-electron chi connectivity index (χ0n) is 16.5. The lowest BCUT2D eigenvalue weighted by Gasteiger charge is -2.04. The minimum Gasteiger partial charge on any atom is -0.459 e. The van der Waals surface area contributed by atoms with Crippen LogP contribution >= 0.6 is 0 Å². The number of ketones is 1. The highest BCUT2D eigenvalue weighted by Gasteiger charge is 2.22. The monoisotopic (exact) mass is 406 g/mol. The summed E-state index contributed by atoms with van der Waals surface area (Å²) in [6.45, 7) is 1.98. The molecule has 0 spiro atoms. The Hall–Kier alpha value is -3.76. The smallest absolute Gasteiger partial charge is 0.348 e. The van der Waals surface area contributed by atoms with E-state index in [0.717, 1.165) is 0 Å². The van der Waals surface area contributed by atoms with Crippen LogP contribution in [0.2, 0.25) is 0 Å². The van der Waals surface area contributed by atoms with Crippen LogP contribution in [0, 0.1) is 24.1 Å². The summed E-state index contributed by atoms with van der Waals surface area (Å²) in [4.78, 5) is 25.4. The van der Waals surface area contributed by atoms with E-state index in [1.165, 1.54) is 37.5 Å². The van der Waals surface area contributed by atoms with Crippen LogP contribution in [-0.4, -0.2) is 36.5 Å². The number of aromatic nitrogens is 1. The highest BCUT2D eigenvalue weighted by Crippen LogP contribution is 2.27. The number of methoxy groups -OCH3 is 1. The zero-order chi connectivity index (χ0) is 21.7. The third-order valence-corrected chi connectivity index (χ3v) is 4.61. The number of rotatable bonds is 7. The Morgan fingerprint density at radius 2 is 1.90 bits per heavy atom. The molecule has 0 bridgehead atoms. The van der Waals surface area contributed by atoms with Gasteiger partial charge in [0.2, 0.25) is 5.78 Å². The van der Waals surface area contributed by atoms with Crippen molar-refractivity contribution in [2.45, 2.75) is 6.92 Å². The van der Waals surface area contributed by atoms with Gasteiger partial charge in [0.05, 0.1) is 17.8 Å². The van der Waals surface area contributed by atoms with Crippen molar-refractivity contribution >= 4 is 23.3 Å². The molecule has 3 aromatic rings. The standard InChI is InChI=1S/C23H19FN2O4/c1-15-19(13-17(14-25)23(28)30-12-11-29-2)20-5-3-4-10-26(20)21(15)22(27)16-6-8-18(24)9-7-16/h3-10,13H,11-12H2,1-2H3/b17-13+. The van der Waals surface area contributed by atoms with Crippen LogP contribution in [0.4, 0.5) is 4.39 Å². The second-order valence-corrected chi connectivity index (χ2v) is 6.48. The molecule has 152 valence electrons. The molecule has 0 N–H and O–H groups in total. The molecule has 30 heavy (non-hydrogen) atoms. The predicted octanol–water partition coefficient (Wildman–Crippen LogP) is 3.71. The van der Waals surface area contributed by atoms with Crippen LogP contribution in [0.25, 0.3) is 11.6 Å². The molecule has 0 saturated carbocycles. The largest absolute Gasteiger partial charge is 0.459 e. The fraction of sp³-hybridized carbons (Fsp3) is 0.174. The Morgan fingerprint density at radius 3 is 2.57 bits per heavy atom. The summed E-state index contributed by atoms with van der Waals surface area (Å²) in [5.41, 5.74) is 2.31. The first kappa shape index (κ1) is 21.0. The van der Waals surface area contributed by atoms with Gasteiger partial charge in [-0.2, -0.15) is 5.26 Å². The number of pyridine rings is 1. The number of hydrogen-bond acceptors (Lipinski definition) is 5. The van der Waals surface area contributed by atoms with E-state index in [1.807, 2.05) is 6.07 Å². The topological polar surface area (TPSA) is 80.8 Å². The Labute approximate surface area is 172 Å². The van der Waals surface area contributed by atoms with Gasteiger partial charge in [0.25, 0.3) is 0 Å². The summed E-state index contributed by atoms with van der Waals surface area (Å²) in [6.07, 6.45) is 3.14. The summed E-state index contributed by atoms with van der Waals surface area (Å²) >= 11 is 0. The molecular formula is C23H19FN2O4. The molecule has 1 aromatic carbocycles. The van der Waals surface area contributed by atoms with E-state index < -0.39 is 11.8 Å². The molecule has 0 unspecified atom stereocenters. The quantitative estimate of drug-likeness (QED) is 0.196. The van der Waals surface area contributed by atoms with Gasteiger partial charge < -0.3 is 13.9 Å². The minimum atomic E-state index is -0.768. The maximum absolute atomic E-state index is 13.3. The molecule has 6 nitrogen and oxygen atoms in total. The van der Waals surface area contributed by atoms with Crippen LogP contribution in [0.3, 0.4) is 0 Å². The lowest BCUT2D eigenvalue weighted by Crippen LogP contribution is -2.11. The summed E-state index contributed by atoms with van der Waals surface area (Å²) in [5.74, 6) is -1.50. The fourth-order valence-electron chi connectivity index (χ4n) is 3.13. The summed E-state index contributed by atoms with van der Waals surface area (Å²) in [6, 6.07) is 12.5. The maximum Gasteiger partial charge on any atom is 0.348 e. The molecule has 0 atom stereocenters. The van der Waals surface area contributed by atoms with E-state index >= 15 is 0 Å². The van der Waals surface area contributed by atoms with Gasteiger partial charge in [-0.15, -0.1) is 0 Å². The molecule has 0 aliphatic carbocycles. The van der Waals surface area contributed by atoms with Crippen LogP contribution in [0.5, 0.6) is 0 Å². The van der Waals surface area contributed by atoms with Gasteiger partial charge in [-0.05, 0) is 55.0 Å². The number of nitriles is 1. The normalized spacial score (nSPS) is 11.3. The lowest BCUT2D eigenvalue weighted by atomic mass is 10.0. The van der Waals surface area contributed by atoms with E-state index in [4.69, 9.17) is 9.47 Å². The zero-order valence-corrected chi connectivity index (χ0v) is 16.5. The van der Waals surface area contributed by atoms with Crippen LogP contribution in [0.15, 0.2) is 54.2 Å². The van der Waals surface area contributed by atoms with Gasteiger partial charge >= 0.3 is 5.97 Å². The minimum absolute atomic E-state index is 0.0259. The Balaban J connectivity index is 2.10. The first-order chi connectivity index (χ1) is 14.5. The average molecular weight is 406 g/mol. The number of carbonyl (C=O) groups excluding carboxylic acids is 2. The third kappa shape index (κ3) is 4.14. The van der Waals surface area contributed by atoms with Gasteiger partial charge in [-0.25, -0.2) is 9.18 Å². The molecule has 0 aliphatic heterocycles. The molecular weight excluding hydrogens is 387 g/mol. The highest BCUT2D eigenvalue weighted by atomic mass is 19.1. The third-order valence-electron chi connectivity index (χ3n) is 4.61. The van der Waals surface area contributed by atoms with Crippen molar-refractivity contribution in [2.75, 3.05) is 20.3 Å². The summed E-state index contributed by atoms with van der Waals surface area (Å²) < 4.78 is 24.8. The number of benzene rings is 1.